The Kier molecular flexibility index (Phi) is 4.74. The summed E-state index contributed by atoms with van der Waals surface area (Å²) in [4.78, 5) is 31.8. The summed E-state index contributed by atoms with van der Waals surface area (Å²) in [6.07, 6.45) is 2.01. The first-order valence-corrected chi connectivity index (χ1v) is 7.90. The van der Waals surface area contributed by atoms with Gasteiger partial charge in [0, 0.05) is 20.1 Å². The van der Waals surface area contributed by atoms with Gasteiger partial charge in [-0.2, -0.15) is 0 Å². The third kappa shape index (κ3) is 3.90. The van der Waals surface area contributed by atoms with E-state index in [0.717, 1.165) is 17.8 Å². The van der Waals surface area contributed by atoms with Crippen molar-refractivity contribution < 1.29 is 9.59 Å². The second-order valence-corrected chi connectivity index (χ2v) is 5.85. The number of likely N-dealkylation sites (N-methyl/N-ethyl adjacent to an activating group) is 1. The highest BCUT2D eigenvalue weighted by atomic mass is 16.2. The van der Waals surface area contributed by atoms with Crippen molar-refractivity contribution in [2.45, 2.75) is 6.42 Å². The average Bonchev–Trinajstić information content (AvgIpc) is 2.59. The summed E-state index contributed by atoms with van der Waals surface area (Å²) >= 11 is 0. The van der Waals surface area contributed by atoms with Crippen LogP contribution in [0.5, 0.6) is 0 Å². The standard InChI is InChI=1S/C18H20N4O2/c1-21-9-10-22(13-18(21)24)15-7-8-16(19-12-15)20-17(23)11-14-5-3-2-4-6-14/h2-8,12H,9-11,13H2,1H3,(H,19,20,23). The zero-order chi connectivity index (χ0) is 16.9. The molecule has 6 heteroatoms. The Morgan fingerprint density at radius 1 is 1.17 bits per heavy atom. The smallest absolute Gasteiger partial charge is 0.241 e. The van der Waals surface area contributed by atoms with Crippen molar-refractivity contribution in [3.05, 3.63) is 54.2 Å². The highest BCUT2D eigenvalue weighted by Crippen LogP contribution is 2.17. The second kappa shape index (κ2) is 7.12. The Morgan fingerprint density at radius 3 is 2.62 bits per heavy atom. The van der Waals surface area contributed by atoms with Gasteiger partial charge in [0.05, 0.1) is 24.8 Å². The fourth-order valence-electron chi connectivity index (χ4n) is 2.59. The van der Waals surface area contributed by atoms with Gasteiger partial charge in [-0.25, -0.2) is 4.98 Å². The van der Waals surface area contributed by atoms with E-state index in [9.17, 15) is 9.59 Å². The molecule has 0 atom stereocenters. The van der Waals surface area contributed by atoms with Gasteiger partial charge in [-0.15, -0.1) is 0 Å². The van der Waals surface area contributed by atoms with Crippen LogP contribution in [0.2, 0.25) is 0 Å². The summed E-state index contributed by atoms with van der Waals surface area (Å²) in [5, 5.41) is 2.79. The summed E-state index contributed by atoms with van der Waals surface area (Å²) in [7, 11) is 1.81. The maximum absolute atomic E-state index is 12.0. The van der Waals surface area contributed by atoms with Crippen molar-refractivity contribution >= 4 is 23.3 Å². The third-order valence-electron chi connectivity index (χ3n) is 4.05. The number of nitrogens with one attached hydrogen (secondary N) is 1. The van der Waals surface area contributed by atoms with Crippen LogP contribution in [0.15, 0.2) is 48.7 Å². The molecule has 6 nitrogen and oxygen atoms in total. The minimum absolute atomic E-state index is 0.0986. The topological polar surface area (TPSA) is 65.5 Å². The van der Waals surface area contributed by atoms with Gasteiger partial charge in [0.2, 0.25) is 11.8 Å². The normalized spacial score (nSPS) is 14.6. The number of nitrogens with zero attached hydrogens (tertiary/aromatic N) is 3. The zero-order valence-corrected chi connectivity index (χ0v) is 13.6. The van der Waals surface area contributed by atoms with E-state index in [-0.39, 0.29) is 11.8 Å². The van der Waals surface area contributed by atoms with Crippen molar-refractivity contribution in [2.24, 2.45) is 0 Å². The Labute approximate surface area is 141 Å². The number of rotatable bonds is 4. The summed E-state index contributed by atoms with van der Waals surface area (Å²) in [6, 6.07) is 13.2. The van der Waals surface area contributed by atoms with E-state index in [4.69, 9.17) is 0 Å². The quantitative estimate of drug-likeness (QED) is 0.926. The van der Waals surface area contributed by atoms with Crippen LogP contribution in [-0.4, -0.2) is 48.4 Å². The van der Waals surface area contributed by atoms with Crippen LogP contribution in [0, 0.1) is 0 Å². The fraction of sp³-hybridized carbons (Fsp3) is 0.278. The molecule has 2 amide bonds. The molecule has 1 N–H and O–H groups in total. The highest BCUT2D eigenvalue weighted by molar-refractivity contribution is 5.91. The van der Waals surface area contributed by atoms with Crippen molar-refractivity contribution in [1.82, 2.24) is 9.88 Å². The predicted octanol–water partition coefficient (Wildman–Crippen LogP) is 1.54. The molecule has 24 heavy (non-hydrogen) atoms. The first-order valence-electron chi connectivity index (χ1n) is 7.90. The molecule has 0 unspecified atom stereocenters. The van der Waals surface area contributed by atoms with Gasteiger partial charge in [0.1, 0.15) is 5.82 Å². The van der Waals surface area contributed by atoms with E-state index in [1.54, 1.807) is 17.2 Å². The van der Waals surface area contributed by atoms with E-state index >= 15 is 0 Å². The van der Waals surface area contributed by atoms with Crippen LogP contribution in [0.4, 0.5) is 11.5 Å². The zero-order valence-electron chi connectivity index (χ0n) is 13.6. The molecule has 1 aliphatic heterocycles. The molecule has 2 aromatic rings. The van der Waals surface area contributed by atoms with E-state index in [1.165, 1.54) is 0 Å². The summed E-state index contributed by atoms with van der Waals surface area (Å²) in [6.45, 7) is 1.84. The molecule has 0 bridgehead atoms. The van der Waals surface area contributed by atoms with Gasteiger partial charge >= 0.3 is 0 Å². The molecule has 3 rings (SSSR count). The molecule has 0 aliphatic carbocycles. The molecule has 1 fully saturated rings. The first kappa shape index (κ1) is 16.0. The Bertz CT molecular complexity index is 716. The van der Waals surface area contributed by atoms with Crippen LogP contribution < -0.4 is 10.2 Å². The molecule has 124 valence electrons. The number of benzene rings is 1. The van der Waals surface area contributed by atoms with Gasteiger partial charge in [-0.3, -0.25) is 9.59 Å². The van der Waals surface area contributed by atoms with Crippen LogP contribution in [0.1, 0.15) is 5.56 Å². The number of anilines is 2. The van der Waals surface area contributed by atoms with Crippen LogP contribution in [0.3, 0.4) is 0 Å². The Hall–Kier alpha value is -2.89. The SMILES string of the molecule is CN1CCN(c2ccc(NC(=O)Cc3ccccc3)nc2)CC1=O. The summed E-state index contributed by atoms with van der Waals surface area (Å²) in [5.74, 6) is 0.512. The molecule has 0 radical (unpaired) electrons. The monoisotopic (exact) mass is 324 g/mol. The van der Waals surface area contributed by atoms with Crippen molar-refractivity contribution in [2.75, 3.05) is 36.9 Å². The van der Waals surface area contributed by atoms with Crippen molar-refractivity contribution in [3.8, 4) is 0 Å². The van der Waals surface area contributed by atoms with E-state index in [1.807, 2.05) is 48.3 Å². The number of hydrogen-bond donors (Lipinski definition) is 1. The maximum Gasteiger partial charge on any atom is 0.241 e. The number of carbonyl (C=O) groups is 2. The van der Waals surface area contributed by atoms with E-state index in [2.05, 4.69) is 10.3 Å². The van der Waals surface area contributed by atoms with Gasteiger partial charge in [-0.05, 0) is 17.7 Å². The minimum Gasteiger partial charge on any atom is -0.359 e. The lowest BCUT2D eigenvalue weighted by Crippen LogP contribution is -2.48. The highest BCUT2D eigenvalue weighted by Gasteiger charge is 2.21. The second-order valence-electron chi connectivity index (χ2n) is 5.85. The molecular formula is C18H20N4O2. The van der Waals surface area contributed by atoms with Crippen LogP contribution in [0.25, 0.3) is 0 Å². The van der Waals surface area contributed by atoms with Gasteiger partial charge in [0.15, 0.2) is 0 Å². The number of aromatic nitrogens is 1. The molecule has 1 aromatic heterocycles. The lowest BCUT2D eigenvalue weighted by molar-refractivity contribution is -0.129. The largest absolute Gasteiger partial charge is 0.359 e. The van der Waals surface area contributed by atoms with Gasteiger partial charge < -0.3 is 15.1 Å². The minimum atomic E-state index is -0.101. The van der Waals surface area contributed by atoms with E-state index < -0.39 is 0 Å². The number of pyridine rings is 1. The number of piperazine rings is 1. The molecule has 1 aromatic carbocycles. The van der Waals surface area contributed by atoms with E-state index in [0.29, 0.717) is 25.3 Å². The Balaban J connectivity index is 1.58. The number of amides is 2. The Morgan fingerprint density at radius 2 is 1.96 bits per heavy atom. The maximum atomic E-state index is 12.0. The summed E-state index contributed by atoms with van der Waals surface area (Å²) in [5.41, 5.74) is 1.85. The fourth-order valence-corrected chi connectivity index (χ4v) is 2.59. The van der Waals surface area contributed by atoms with Crippen molar-refractivity contribution in [1.29, 1.82) is 0 Å². The molecule has 1 aliphatic rings. The predicted molar refractivity (Wildman–Crippen MR) is 92.9 cm³/mol. The molecule has 1 saturated heterocycles. The number of hydrogen-bond acceptors (Lipinski definition) is 4. The molecular weight excluding hydrogens is 304 g/mol. The van der Waals surface area contributed by atoms with Crippen LogP contribution >= 0.6 is 0 Å². The van der Waals surface area contributed by atoms with Crippen LogP contribution in [-0.2, 0) is 16.0 Å². The number of carbonyl (C=O) groups excluding carboxylic acids is 2. The molecule has 0 saturated carbocycles. The lowest BCUT2D eigenvalue weighted by Gasteiger charge is -2.33. The van der Waals surface area contributed by atoms with Gasteiger partial charge in [-0.1, -0.05) is 30.3 Å². The van der Waals surface area contributed by atoms with Crippen molar-refractivity contribution in [3.63, 3.8) is 0 Å². The lowest BCUT2D eigenvalue weighted by atomic mass is 10.1. The average molecular weight is 324 g/mol. The third-order valence-corrected chi connectivity index (χ3v) is 4.05. The van der Waals surface area contributed by atoms with Gasteiger partial charge in [0.25, 0.3) is 0 Å². The first-order chi connectivity index (χ1) is 11.6. The summed E-state index contributed by atoms with van der Waals surface area (Å²) < 4.78 is 0. The molecule has 0 spiro atoms. The molecule has 2 heterocycles.